The van der Waals surface area contributed by atoms with Gasteiger partial charge in [-0.25, -0.2) is 0 Å². The molecule has 136 valence electrons. The summed E-state index contributed by atoms with van der Waals surface area (Å²) >= 11 is 0. The largest absolute Gasteiger partial charge is 0.504 e. The normalized spacial score (nSPS) is 10.4. The maximum atomic E-state index is 13.0. The number of aromatic hydroxyl groups is 4. The van der Waals surface area contributed by atoms with Crippen LogP contribution in [0, 0.1) is 6.92 Å². The highest BCUT2D eigenvalue weighted by Gasteiger charge is 2.29. The van der Waals surface area contributed by atoms with Gasteiger partial charge in [-0.05, 0) is 32.8 Å². The van der Waals surface area contributed by atoms with Crippen LogP contribution in [0.5, 0.6) is 23.0 Å². The second kappa shape index (κ2) is 7.31. The van der Waals surface area contributed by atoms with Crippen LogP contribution >= 0.6 is 0 Å². The van der Waals surface area contributed by atoms with E-state index in [0.717, 1.165) is 5.57 Å². The van der Waals surface area contributed by atoms with Gasteiger partial charge in [-0.1, -0.05) is 29.8 Å². The third kappa shape index (κ3) is 3.26. The topological polar surface area (TPSA) is 115 Å². The molecule has 0 radical (unpaired) electrons. The molecule has 0 fully saturated rings. The number of allylic oxidation sites excluding steroid dienone is 2. The molecule has 0 aliphatic rings. The SMILES string of the molecule is CC(C)=CCc1cccc(C=O)c1C(=O)c1c(O)c(O)c(C)c(O)c1O. The van der Waals surface area contributed by atoms with Gasteiger partial charge < -0.3 is 20.4 Å². The standard InChI is InChI=1S/C20H20O6/c1-10(2)7-8-12-5-4-6-13(9-21)14(12)18(24)15-19(25)16(22)11(3)17(23)20(15)26/h4-7,9,22-23,25-26H,8H2,1-3H3. The highest BCUT2D eigenvalue weighted by atomic mass is 16.3. The predicted molar refractivity (Wildman–Crippen MR) is 96.2 cm³/mol. The molecule has 4 N–H and O–H groups in total. The zero-order valence-corrected chi connectivity index (χ0v) is 14.7. The summed E-state index contributed by atoms with van der Waals surface area (Å²) in [5.74, 6) is -3.99. The summed E-state index contributed by atoms with van der Waals surface area (Å²) in [5, 5.41) is 40.1. The molecule has 0 amide bonds. The van der Waals surface area contributed by atoms with E-state index in [4.69, 9.17) is 0 Å². The lowest BCUT2D eigenvalue weighted by atomic mass is 9.90. The lowest BCUT2D eigenvalue weighted by molar-refractivity contribution is 0.102. The van der Waals surface area contributed by atoms with Crippen LogP contribution in [0.3, 0.4) is 0 Å². The van der Waals surface area contributed by atoms with Crippen molar-refractivity contribution in [1.82, 2.24) is 0 Å². The number of carbonyl (C=O) groups excluding carboxylic acids is 2. The number of hydrogen-bond donors (Lipinski definition) is 4. The third-order valence-corrected chi connectivity index (χ3v) is 4.13. The Morgan fingerprint density at radius 3 is 2.04 bits per heavy atom. The maximum Gasteiger partial charge on any atom is 0.201 e. The van der Waals surface area contributed by atoms with Crippen LogP contribution in [-0.2, 0) is 6.42 Å². The Morgan fingerprint density at radius 2 is 1.54 bits per heavy atom. The van der Waals surface area contributed by atoms with Gasteiger partial charge in [0, 0.05) is 16.7 Å². The van der Waals surface area contributed by atoms with Crippen LogP contribution in [0.15, 0.2) is 29.8 Å². The van der Waals surface area contributed by atoms with Gasteiger partial charge in [-0.2, -0.15) is 0 Å². The number of phenolic OH excluding ortho intramolecular Hbond substituents is 4. The summed E-state index contributed by atoms with van der Waals surface area (Å²) in [5.41, 5.74) is 0.778. The summed E-state index contributed by atoms with van der Waals surface area (Å²) in [7, 11) is 0. The molecule has 2 aromatic rings. The van der Waals surface area contributed by atoms with Crippen molar-refractivity contribution in [2.24, 2.45) is 0 Å². The van der Waals surface area contributed by atoms with Crippen LogP contribution in [0.1, 0.15) is 51.3 Å². The Hall–Kier alpha value is -3.28. The van der Waals surface area contributed by atoms with E-state index >= 15 is 0 Å². The number of benzene rings is 2. The van der Waals surface area contributed by atoms with Gasteiger partial charge in [-0.15, -0.1) is 0 Å². The van der Waals surface area contributed by atoms with E-state index in [1.54, 1.807) is 12.1 Å². The van der Waals surface area contributed by atoms with Crippen molar-refractivity contribution in [3.63, 3.8) is 0 Å². The van der Waals surface area contributed by atoms with E-state index in [1.165, 1.54) is 13.0 Å². The fourth-order valence-electron chi connectivity index (χ4n) is 2.64. The molecule has 0 bridgehead atoms. The Morgan fingerprint density at radius 1 is 0.962 bits per heavy atom. The minimum atomic E-state index is -0.870. The number of aldehydes is 1. The maximum absolute atomic E-state index is 13.0. The Kier molecular flexibility index (Phi) is 5.35. The van der Waals surface area contributed by atoms with Gasteiger partial charge in [0.25, 0.3) is 0 Å². The molecule has 0 unspecified atom stereocenters. The van der Waals surface area contributed by atoms with E-state index in [0.29, 0.717) is 18.3 Å². The van der Waals surface area contributed by atoms with Gasteiger partial charge in [0.05, 0.1) is 0 Å². The van der Waals surface area contributed by atoms with E-state index in [2.05, 4.69) is 0 Å². The first-order chi connectivity index (χ1) is 12.2. The van der Waals surface area contributed by atoms with Gasteiger partial charge >= 0.3 is 0 Å². The average molecular weight is 356 g/mol. The minimum absolute atomic E-state index is 0.00625. The fraction of sp³-hybridized carbons (Fsp3) is 0.200. The number of carbonyl (C=O) groups is 2. The van der Waals surface area contributed by atoms with Crippen molar-refractivity contribution >= 4 is 12.1 Å². The van der Waals surface area contributed by atoms with E-state index in [-0.39, 0.29) is 16.7 Å². The van der Waals surface area contributed by atoms with E-state index in [9.17, 15) is 30.0 Å². The lowest BCUT2D eigenvalue weighted by Gasteiger charge is -2.15. The molecule has 2 aromatic carbocycles. The first-order valence-corrected chi connectivity index (χ1v) is 7.92. The van der Waals surface area contributed by atoms with Crippen LogP contribution in [0.2, 0.25) is 0 Å². The zero-order chi connectivity index (χ0) is 19.6. The van der Waals surface area contributed by atoms with Crippen LogP contribution in [-0.4, -0.2) is 32.5 Å². The second-order valence-electron chi connectivity index (χ2n) is 6.21. The van der Waals surface area contributed by atoms with Crippen molar-refractivity contribution in [1.29, 1.82) is 0 Å². The van der Waals surface area contributed by atoms with Crippen molar-refractivity contribution in [3.05, 3.63) is 57.7 Å². The minimum Gasteiger partial charge on any atom is -0.504 e. The first kappa shape index (κ1) is 19.1. The molecule has 6 heteroatoms. The van der Waals surface area contributed by atoms with Crippen molar-refractivity contribution in [2.75, 3.05) is 0 Å². The van der Waals surface area contributed by atoms with E-state index in [1.807, 2.05) is 19.9 Å². The molecular formula is C20H20O6. The molecule has 26 heavy (non-hydrogen) atoms. The molecular weight excluding hydrogens is 336 g/mol. The van der Waals surface area contributed by atoms with Crippen molar-refractivity contribution < 1.29 is 30.0 Å². The second-order valence-corrected chi connectivity index (χ2v) is 6.21. The number of phenols is 4. The molecule has 0 aliphatic heterocycles. The molecule has 0 aromatic heterocycles. The Balaban J connectivity index is 2.76. The average Bonchev–Trinajstić information content (AvgIpc) is 2.62. The predicted octanol–water partition coefficient (Wildman–Crippen LogP) is 3.37. The summed E-state index contributed by atoms with van der Waals surface area (Å²) in [4.78, 5) is 24.4. The lowest BCUT2D eigenvalue weighted by Crippen LogP contribution is -2.10. The zero-order valence-electron chi connectivity index (χ0n) is 14.7. The highest BCUT2D eigenvalue weighted by molar-refractivity contribution is 6.17. The van der Waals surface area contributed by atoms with Crippen molar-refractivity contribution in [3.8, 4) is 23.0 Å². The third-order valence-electron chi connectivity index (χ3n) is 4.13. The number of hydrogen-bond acceptors (Lipinski definition) is 6. The molecule has 0 atom stereocenters. The molecule has 0 saturated heterocycles. The Bertz CT molecular complexity index is 891. The smallest absolute Gasteiger partial charge is 0.201 e. The van der Waals surface area contributed by atoms with Crippen molar-refractivity contribution in [2.45, 2.75) is 27.2 Å². The van der Waals surface area contributed by atoms with Gasteiger partial charge in [0.2, 0.25) is 5.78 Å². The quantitative estimate of drug-likeness (QED) is 0.215. The molecule has 0 aliphatic carbocycles. The molecule has 0 heterocycles. The Labute approximate surface area is 150 Å². The molecule has 0 saturated carbocycles. The van der Waals surface area contributed by atoms with Gasteiger partial charge in [0.15, 0.2) is 29.3 Å². The van der Waals surface area contributed by atoms with Crippen LogP contribution in [0.4, 0.5) is 0 Å². The summed E-state index contributed by atoms with van der Waals surface area (Å²) in [6.07, 6.45) is 2.72. The van der Waals surface area contributed by atoms with Gasteiger partial charge in [-0.3, -0.25) is 9.59 Å². The number of ketones is 1. The summed E-state index contributed by atoms with van der Waals surface area (Å²) < 4.78 is 0. The summed E-state index contributed by atoms with van der Waals surface area (Å²) in [6, 6.07) is 4.72. The summed E-state index contributed by atoms with van der Waals surface area (Å²) in [6.45, 7) is 5.05. The van der Waals surface area contributed by atoms with Gasteiger partial charge in [0.1, 0.15) is 5.56 Å². The number of rotatable bonds is 5. The van der Waals surface area contributed by atoms with Crippen LogP contribution < -0.4 is 0 Å². The van der Waals surface area contributed by atoms with Crippen LogP contribution in [0.25, 0.3) is 0 Å². The fourth-order valence-corrected chi connectivity index (χ4v) is 2.64. The molecule has 2 rings (SSSR count). The molecule has 6 nitrogen and oxygen atoms in total. The molecule has 0 spiro atoms. The first-order valence-electron chi connectivity index (χ1n) is 7.92. The highest BCUT2D eigenvalue weighted by Crippen LogP contribution is 2.46. The monoisotopic (exact) mass is 356 g/mol. The van der Waals surface area contributed by atoms with E-state index < -0.39 is 34.3 Å².